The Morgan fingerprint density at radius 1 is 1.21 bits per heavy atom. The molecule has 2 aromatic carbocycles. The summed E-state index contributed by atoms with van der Waals surface area (Å²) in [6.07, 6.45) is 0.860. The number of rotatable bonds is 6. The van der Waals surface area contributed by atoms with E-state index in [0.717, 1.165) is 46.3 Å². The number of aliphatic imine (C=N–C) groups is 1. The molecule has 1 unspecified atom stereocenters. The quantitative estimate of drug-likeness (QED) is 0.270. The van der Waals surface area contributed by atoms with Crippen LogP contribution < -0.4 is 20.1 Å². The summed E-state index contributed by atoms with van der Waals surface area (Å²) < 4.78 is 13.2. The lowest BCUT2D eigenvalue weighted by atomic mass is 10.0. The van der Waals surface area contributed by atoms with Crippen molar-refractivity contribution in [1.82, 2.24) is 25.4 Å². The molecule has 2 N–H and O–H groups in total. The molecule has 0 fully saturated rings. The second kappa shape index (κ2) is 11.4. The van der Waals surface area contributed by atoms with Crippen LogP contribution >= 0.6 is 24.0 Å². The minimum atomic E-state index is 0. The van der Waals surface area contributed by atoms with Crippen LogP contribution in [0.25, 0.3) is 0 Å². The number of guanidine groups is 1. The van der Waals surface area contributed by atoms with Gasteiger partial charge in [0, 0.05) is 19.0 Å². The Balaban J connectivity index is 0.00000306. The largest absolute Gasteiger partial charge is 0.497 e. The fraction of sp³-hybridized carbons (Fsp3) is 0.375. The van der Waals surface area contributed by atoms with Crippen molar-refractivity contribution in [3.63, 3.8) is 0 Å². The summed E-state index contributed by atoms with van der Waals surface area (Å²) in [4.78, 5) is 4.87. The molecule has 9 heteroatoms. The van der Waals surface area contributed by atoms with Gasteiger partial charge in [-0.2, -0.15) is 0 Å². The second-order valence-corrected chi connectivity index (χ2v) is 7.97. The highest BCUT2D eigenvalue weighted by Gasteiger charge is 2.22. The minimum absolute atomic E-state index is 0. The monoisotopic (exact) mass is 562 g/mol. The molecule has 33 heavy (non-hydrogen) atoms. The number of hydrogen-bond donors (Lipinski definition) is 2. The van der Waals surface area contributed by atoms with E-state index in [-0.39, 0.29) is 30.0 Å². The highest BCUT2D eigenvalue weighted by atomic mass is 127. The number of aromatic nitrogens is 3. The zero-order valence-corrected chi connectivity index (χ0v) is 21.8. The van der Waals surface area contributed by atoms with Crippen LogP contribution in [0, 0.1) is 13.8 Å². The molecule has 1 aliphatic rings. The fourth-order valence-electron chi connectivity index (χ4n) is 3.78. The third-order valence-corrected chi connectivity index (χ3v) is 5.63. The van der Waals surface area contributed by atoms with Crippen molar-refractivity contribution in [3.05, 3.63) is 70.8 Å². The van der Waals surface area contributed by atoms with Gasteiger partial charge in [0.25, 0.3) is 0 Å². The SMILES string of the molecule is COc1cc(C)cc(CN=C(NCc2nnc(C)n2C)NC2CCOc3ccccc32)c1.I. The van der Waals surface area contributed by atoms with Gasteiger partial charge in [-0.25, -0.2) is 4.99 Å². The van der Waals surface area contributed by atoms with Crippen LogP contribution in [0.4, 0.5) is 0 Å². The van der Waals surface area contributed by atoms with Crippen LogP contribution in [0.3, 0.4) is 0 Å². The number of nitrogens with one attached hydrogen (secondary N) is 2. The Labute approximate surface area is 211 Å². The van der Waals surface area contributed by atoms with Gasteiger partial charge in [0.05, 0.1) is 32.8 Å². The smallest absolute Gasteiger partial charge is 0.192 e. The van der Waals surface area contributed by atoms with Crippen LogP contribution in [0.2, 0.25) is 0 Å². The fourth-order valence-corrected chi connectivity index (χ4v) is 3.78. The van der Waals surface area contributed by atoms with Gasteiger partial charge in [0.15, 0.2) is 11.8 Å². The van der Waals surface area contributed by atoms with Gasteiger partial charge in [0.1, 0.15) is 17.3 Å². The maximum atomic E-state index is 5.82. The first-order chi connectivity index (χ1) is 15.5. The number of para-hydroxylation sites is 1. The van der Waals surface area contributed by atoms with E-state index in [1.54, 1.807) is 7.11 Å². The number of methoxy groups -OCH3 is 1. The summed E-state index contributed by atoms with van der Waals surface area (Å²) in [6.45, 7) is 5.71. The molecular weight excluding hydrogens is 531 g/mol. The van der Waals surface area contributed by atoms with Gasteiger partial charge in [-0.3, -0.25) is 0 Å². The molecule has 0 spiro atoms. The van der Waals surface area contributed by atoms with Crippen molar-refractivity contribution < 1.29 is 9.47 Å². The first kappa shape index (κ1) is 24.8. The Morgan fingerprint density at radius 2 is 2.03 bits per heavy atom. The first-order valence-corrected chi connectivity index (χ1v) is 10.8. The molecule has 0 saturated carbocycles. The van der Waals surface area contributed by atoms with E-state index in [9.17, 15) is 0 Å². The van der Waals surface area contributed by atoms with E-state index in [0.29, 0.717) is 25.7 Å². The summed E-state index contributed by atoms with van der Waals surface area (Å²) in [7, 11) is 3.65. The Morgan fingerprint density at radius 3 is 2.79 bits per heavy atom. The van der Waals surface area contributed by atoms with Crippen LogP contribution in [0.1, 0.15) is 40.8 Å². The lowest BCUT2D eigenvalue weighted by Crippen LogP contribution is -2.41. The molecule has 0 radical (unpaired) electrons. The zero-order valence-electron chi connectivity index (χ0n) is 19.5. The van der Waals surface area contributed by atoms with Crippen molar-refractivity contribution in [1.29, 1.82) is 0 Å². The average molecular weight is 562 g/mol. The zero-order chi connectivity index (χ0) is 22.5. The van der Waals surface area contributed by atoms with Crippen molar-refractivity contribution in [2.24, 2.45) is 12.0 Å². The predicted octanol–water partition coefficient (Wildman–Crippen LogP) is 3.82. The number of benzene rings is 2. The Hall–Kier alpha value is -2.82. The minimum Gasteiger partial charge on any atom is -0.497 e. The van der Waals surface area contributed by atoms with Crippen molar-refractivity contribution in [3.8, 4) is 11.5 Å². The molecule has 0 bridgehead atoms. The number of fused-ring (bicyclic) bond motifs is 1. The summed E-state index contributed by atoms with van der Waals surface area (Å²) in [5.74, 6) is 4.20. The molecule has 1 aliphatic heterocycles. The molecule has 0 amide bonds. The molecule has 0 saturated heterocycles. The molecular formula is C24H31IN6O2. The standard InChI is InChI=1S/C24H30N6O2.HI/c1-16-11-18(13-19(12-16)31-4)14-25-24(26-15-23-29-28-17(2)30(23)3)27-21-9-10-32-22-8-6-5-7-20(21)22;/h5-8,11-13,21H,9-10,14-15H2,1-4H3,(H2,25,26,27);1H. The molecule has 0 aliphatic carbocycles. The summed E-state index contributed by atoms with van der Waals surface area (Å²) >= 11 is 0. The second-order valence-electron chi connectivity index (χ2n) is 7.97. The third kappa shape index (κ3) is 6.16. The lowest BCUT2D eigenvalue weighted by Gasteiger charge is -2.28. The van der Waals surface area contributed by atoms with E-state index >= 15 is 0 Å². The third-order valence-electron chi connectivity index (χ3n) is 5.63. The van der Waals surface area contributed by atoms with Gasteiger partial charge in [0.2, 0.25) is 0 Å². The van der Waals surface area contributed by atoms with Gasteiger partial charge < -0.3 is 24.7 Å². The number of halogens is 1. The topological polar surface area (TPSA) is 85.6 Å². The molecule has 1 atom stereocenters. The van der Waals surface area contributed by atoms with Crippen LogP contribution in [0.15, 0.2) is 47.5 Å². The normalized spacial score (nSPS) is 15.2. The van der Waals surface area contributed by atoms with E-state index in [1.165, 1.54) is 0 Å². The van der Waals surface area contributed by atoms with Gasteiger partial charge in [-0.1, -0.05) is 24.3 Å². The van der Waals surface area contributed by atoms with Crippen LogP contribution in [-0.4, -0.2) is 34.4 Å². The molecule has 3 aromatic rings. The average Bonchev–Trinajstić information content (AvgIpc) is 3.12. The molecule has 8 nitrogen and oxygen atoms in total. The maximum absolute atomic E-state index is 5.82. The van der Waals surface area contributed by atoms with Gasteiger partial charge in [-0.15, -0.1) is 34.2 Å². The van der Waals surface area contributed by atoms with Gasteiger partial charge in [-0.05, 0) is 43.2 Å². The Kier molecular flexibility index (Phi) is 8.54. The van der Waals surface area contributed by atoms with E-state index in [1.807, 2.05) is 48.9 Å². The molecule has 1 aromatic heterocycles. The van der Waals surface area contributed by atoms with Crippen molar-refractivity contribution >= 4 is 29.9 Å². The summed E-state index contributed by atoms with van der Waals surface area (Å²) in [5, 5.41) is 15.4. The highest BCUT2D eigenvalue weighted by Crippen LogP contribution is 2.31. The van der Waals surface area contributed by atoms with E-state index < -0.39 is 0 Å². The number of ether oxygens (including phenoxy) is 2. The highest BCUT2D eigenvalue weighted by molar-refractivity contribution is 14.0. The van der Waals surface area contributed by atoms with E-state index in [4.69, 9.17) is 14.5 Å². The van der Waals surface area contributed by atoms with Crippen molar-refractivity contribution in [2.75, 3.05) is 13.7 Å². The van der Waals surface area contributed by atoms with Crippen LogP contribution in [-0.2, 0) is 20.1 Å². The number of hydrogen-bond acceptors (Lipinski definition) is 5. The van der Waals surface area contributed by atoms with E-state index in [2.05, 4.69) is 39.9 Å². The Bertz CT molecular complexity index is 1110. The number of nitrogens with zero attached hydrogens (tertiary/aromatic N) is 4. The van der Waals surface area contributed by atoms with Crippen molar-refractivity contribution in [2.45, 2.75) is 39.4 Å². The molecule has 176 valence electrons. The van der Waals surface area contributed by atoms with Gasteiger partial charge >= 0.3 is 0 Å². The maximum Gasteiger partial charge on any atom is 0.192 e. The molecule has 2 heterocycles. The number of aryl methyl sites for hydroxylation is 2. The summed E-state index contributed by atoms with van der Waals surface area (Å²) in [5.41, 5.74) is 3.37. The lowest BCUT2D eigenvalue weighted by molar-refractivity contribution is 0.261. The van der Waals surface area contributed by atoms with Crippen LogP contribution in [0.5, 0.6) is 11.5 Å². The first-order valence-electron chi connectivity index (χ1n) is 10.8. The predicted molar refractivity (Wildman–Crippen MR) is 139 cm³/mol. The molecule has 4 rings (SSSR count). The summed E-state index contributed by atoms with van der Waals surface area (Å²) in [6, 6.07) is 14.4.